The van der Waals surface area contributed by atoms with Gasteiger partial charge in [-0.25, -0.2) is 5.48 Å². The smallest absolute Gasteiger partial charge is 0.262 e. The average molecular weight is 289 g/mol. The minimum atomic E-state index is -0.458. The van der Waals surface area contributed by atoms with E-state index in [1.54, 1.807) is 23.7 Å². The zero-order chi connectivity index (χ0) is 15.7. The van der Waals surface area contributed by atoms with Crippen LogP contribution in [0, 0.1) is 6.92 Å². The van der Waals surface area contributed by atoms with Crippen LogP contribution in [-0.4, -0.2) is 22.8 Å². The number of anilines is 2. The summed E-state index contributed by atoms with van der Waals surface area (Å²) in [5, 5.41) is 19.8. The first-order chi connectivity index (χ1) is 10.0. The van der Waals surface area contributed by atoms with Crippen molar-refractivity contribution in [3.63, 3.8) is 0 Å². The van der Waals surface area contributed by atoms with Crippen LogP contribution in [-0.2, 0) is 4.79 Å². The van der Waals surface area contributed by atoms with E-state index in [4.69, 9.17) is 16.0 Å². The van der Waals surface area contributed by atoms with Crippen LogP contribution >= 0.6 is 0 Å². The topological polar surface area (TPSA) is 108 Å². The molecule has 6 heteroatoms. The van der Waals surface area contributed by atoms with Gasteiger partial charge in [0.05, 0.1) is 6.54 Å². The number of nitrogen functional groups attached to an aromatic ring is 1. The van der Waals surface area contributed by atoms with Crippen molar-refractivity contribution in [3.8, 4) is 5.75 Å². The maximum absolute atomic E-state index is 10.6. The summed E-state index contributed by atoms with van der Waals surface area (Å²) >= 11 is 0. The first kappa shape index (κ1) is 16.3. The lowest BCUT2D eigenvalue weighted by Crippen LogP contribution is -2.26. The maximum Gasteiger partial charge on any atom is 0.262 e. The van der Waals surface area contributed by atoms with Crippen molar-refractivity contribution < 1.29 is 15.1 Å². The first-order valence-electron chi connectivity index (χ1n) is 6.29. The van der Waals surface area contributed by atoms with E-state index >= 15 is 0 Å². The number of carbonyl (C=O) groups is 1. The van der Waals surface area contributed by atoms with Crippen molar-refractivity contribution in [2.45, 2.75) is 6.92 Å². The van der Waals surface area contributed by atoms with E-state index in [2.05, 4.69) is 5.32 Å². The number of rotatable bonds is 3. The fourth-order valence-electron chi connectivity index (χ4n) is 1.42. The van der Waals surface area contributed by atoms with Gasteiger partial charge in [0.2, 0.25) is 0 Å². The molecule has 21 heavy (non-hydrogen) atoms. The van der Waals surface area contributed by atoms with Gasteiger partial charge in [-0.15, -0.1) is 0 Å². The van der Waals surface area contributed by atoms with E-state index in [1.165, 1.54) is 6.07 Å². The van der Waals surface area contributed by atoms with Crippen molar-refractivity contribution in [2.24, 2.45) is 0 Å². The molecule has 2 aromatic rings. The summed E-state index contributed by atoms with van der Waals surface area (Å²) in [5.74, 6) is -0.245. The second kappa shape index (κ2) is 8.44. The number of carbonyl (C=O) groups excluding carboxylic acids is 1. The summed E-state index contributed by atoms with van der Waals surface area (Å²) in [6, 6.07) is 14.1. The van der Waals surface area contributed by atoms with Crippen LogP contribution in [0.25, 0.3) is 0 Å². The number of hydrogen-bond acceptors (Lipinski definition) is 5. The number of phenolic OH excluding ortho intramolecular Hbond substituents is 1. The highest BCUT2D eigenvalue weighted by Crippen LogP contribution is 2.11. The largest absolute Gasteiger partial charge is 0.508 e. The van der Waals surface area contributed by atoms with Crippen molar-refractivity contribution in [1.82, 2.24) is 5.48 Å². The molecule has 0 radical (unpaired) electrons. The summed E-state index contributed by atoms with van der Waals surface area (Å²) in [4.78, 5) is 10.6. The Hall–Kier alpha value is -2.73. The van der Waals surface area contributed by atoms with Gasteiger partial charge in [0.1, 0.15) is 5.75 Å². The molecule has 0 heterocycles. The van der Waals surface area contributed by atoms with Crippen LogP contribution < -0.4 is 16.5 Å². The Morgan fingerprint density at radius 3 is 2.33 bits per heavy atom. The van der Waals surface area contributed by atoms with E-state index in [-0.39, 0.29) is 12.3 Å². The van der Waals surface area contributed by atoms with Gasteiger partial charge in [0.25, 0.3) is 5.91 Å². The van der Waals surface area contributed by atoms with Crippen LogP contribution in [0.3, 0.4) is 0 Å². The predicted octanol–water partition coefficient (Wildman–Crippen LogP) is 1.89. The van der Waals surface area contributed by atoms with Gasteiger partial charge in [-0.3, -0.25) is 10.0 Å². The van der Waals surface area contributed by atoms with E-state index in [1.807, 2.05) is 31.2 Å². The molecular formula is C15H19N3O3. The van der Waals surface area contributed by atoms with Gasteiger partial charge in [-0.05, 0) is 31.2 Å². The second-order valence-corrected chi connectivity index (χ2v) is 4.35. The van der Waals surface area contributed by atoms with E-state index in [0.29, 0.717) is 5.69 Å². The molecule has 0 saturated heterocycles. The third-order valence-electron chi connectivity index (χ3n) is 2.50. The fraction of sp³-hybridized carbons (Fsp3) is 0.133. The third-order valence-corrected chi connectivity index (χ3v) is 2.50. The van der Waals surface area contributed by atoms with Crippen LogP contribution in [0.15, 0.2) is 48.5 Å². The summed E-state index contributed by atoms with van der Waals surface area (Å²) < 4.78 is 0. The van der Waals surface area contributed by atoms with Crippen molar-refractivity contribution in [1.29, 1.82) is 0 Å². The number of hydrogen-bond donors (Lipinski definition) is 5. The number of nitrogens with two attached hydrogens (primary N) is 1. The zero-order valence-electron chi connectivity index (χ0n) is 11.7. The van der Waals surface area contributed by atoms with Gasteiger partial charge in [0, 0.05) is 17.4 Å². The Balaban J connectivity index is 0.000000235. The number of phenols is 1. The van der Waals surface area contributed by atoms with Gasteiger partial charge in [-0.1, -0.05) is 23.8 Å². The molecular weight excluding hydrogens is 270 g/mol. The Morgan fingerprint density at radius 2 is 1.86 bits per heavy atom. The number of amides is 1. The Bertz CT molecular complexity index is 553. The molecule has 0 aliphatic carbocycles. The first-order valence-corrected chi connectivity index (χ1v) is 6.29. The van der Waals surface area contributed by atoms with Crippen LogP contribution in [0.4, 0.5) is 11.4 Å². The van der Waals surface area contributed by atoms with E-state index in [9.17, 15) is 4.79 Å². The van der Waals surface area contributed by atoms with Crippen molar-refractivity contribution in [2.75, 3.05) is 17.6 Å². The molecule has 112 valence electrons. The molecule has 0 aliphatic rings. The lowest BCUT2D eigenvalue weighted by atomic mass is 10.2. The number of benzene rings is 2. The molecule has 0 spiro atoms. The number of aromatic hydroxyl groups is 1. The minimum Gasteiger partial charge on any atom is -0.508 e. The number of nitrogens with one attached hydrogen (secondary N) is 2. The predicted molar refractivity (Wildman–Crippen MR) is 82.1 cm³/mol. The number of aryl methyl sites for hydroxylation is 1. The standard InChI is InChI=1S/C9H12N2O2.C6H7NO/c1-7-2-4-8(5-3-7)10-6-9(12)11-13;7-5-2-1-3-6(8)4-5/h2-5,10,13H,6H2,1H3,(H,11,12);1-4,8H,7H2. The molecule has 0 aromatic heterocycles. The molecule has 0 unspecified atom stereocenters. The molecule has 2 aromatic carbocycles. The molecule has 6 nitrogen and oxygen atoms in total. The van der Waals surface area contributed by atoms with Crippen LogP contribution in [0.5, 0.6) is 5.75 Å². The SMILES string of the molecule is Cc1ccc(NCC(=O)NO)cc1.Nc1cccc(O)c1. The third kappa shape index (κ3) is 6.84. The van der Waals surface area contributed by atoms with Crippen LogP contribution in [0.1, 0.15) is 5.56 Å². The van der Waals surface area contributed by atoms with Gasteiger partial charge in [0.15, 0.2) is 0 Å². The molecule has 2 rings (SSSR count). The summed E-state index contributed by atoms with van der Waals surface area (Å²) in [6.07, 6.45) is 0. The maximum atomic E-state index is 10.6. The molecule has 0 saturated carbocycles. The normalized spacial score (nSPS) is 9.24. The van der Waals surface area contributed by atoms with E-state index < -0.39 is 5.91 Å². The minimum absolute atomic E-state index is 0.0690. The molecule has 0 fully saturated rings. The molecule has 0 atom stereocenters. The van der Waals surface area contributed by atoms with Crippen molar-refractivity contribution >= 4 is 17.3 Å². The number of hydroxylamine groups is 1. The fourth-order valence-corrected chi connectivity index (χ4v) is 1.42. The Morgan fingerprint density at radius 1 is 1.19 bits per heavy atom. The van der Waals surface area contributed by atoms with Gasteiger partial charge < -0.3 is 16.2 Å². The summed E-state index contributed by atoms with van der Waals surface area (Å²) in [6.45, 7) is 2.06. The highest BCUT2D eigenvalue weighted by molar-refractivity contribution is 5.79. The highest BCUT2D eigenvalue weighted by atomic mass is 16.5. The lowest BCUT2D eigenvalue weighted by molar-refractivity contribution is -0.127. The Kier molecular flexibility index (Phi) is 6.56. The van der Waals surface area contributed by atoms with E-state index in [0.717, 1.165) is 11.3 Å². The quantitative estimate of drug-likeness (QED) is 0.337. The molecule has 6 N–H and O–H groups in total. The second-order valence-electron chi connectivity index (χ2n) is 4.35. The molecule has 1 amide bonds. The average Bonchev–Trinajstić information content (AvgIpc) is 2.46. The highest BCUT2D eigenvalue weighted by Gasteiger charge is 1.97. The van der Waals surface area contributed by atoms with Crippen LogP contribution in [0.2, 0.25) is 0 Å². The van der Waals surface area contributed by atoms with Gasteiger partial charge in [-0.2, -0.15) is 0 Å². The van der Waals surface area contributed by atoms with Gasteiger partial charge >= 0.3 is 0 Å². The zero-order valence-corrected chi connectivity index (χ0v) is 11.7. The molecule has 0 bridgehead atoms. The summed E-state index contributed by atoms with van der Waals surface area (Å²) in [5.41, 5.74) is 9.45. The lowest BCUT2D eigenvalue weighted by Gasteiger charge is -2.04. The molecule has 0 aliphatic heterocycles. The van der Waals surface area contributed by atoms with Crippen molar-refractivity contribution in [3.05, 3.63) is 54.1 Å². The Labute approximate surface area is 123 Å². The summed E-state index contributed by atoms with van der Waals surface area (Å²) in [7, 11) is 0. The monoisotopic (exact) mass is 289 g/mol.